The number of aliphatic hydroxyl groups excluding tert-OH is 2. The Bertz CT molecular complexity index is 499. The van der Waals surface area contributed by atoms with Gasteiger partial charge >= 0.3 is 0 Å². The molecule has 0 bridgehead atoms. The summed E-state index contributed by atoms with van der Waals surface area (Å²) in [5.74, 6) is 0. The summed E-state index contributed by atoms with van der Waals surface area (Å²) in [7, 11) is 1.74. The molecular formula is C15H18N2O2. The lowest BCUT2D eigenvalue weighted by Crippen LogP contribution is -2.29. The number of rotatable bonds is 5. The highest BCUT2D eigenvalue weighted by Crippen LogP contribution is 2.21. The molecule has 1 aromatic carbocycles. The van der Waals surface area contributed by atoms with E-state index in [-0.39, 0.29) is 0 Å². The molecular weight excluding hydrogens is 240 g/mol. The van der Waals surface area contributed by atoms with Gasteiger partial charge in [0.05, 0.1) is 11.8 Å². The van der Waals surface area contributed by atoms with Crippen molar-refractivity contribution in [1.29, 1.82) is 0 Å². The van der Waals surface area contributed by atoms with Gasteiger partial charge in [0.2, 0.25) is 0 Å². The van der Waals surface area contributed by atoms with Crippen LogP contribution in [0.2, 0.25) is 0 Å². The molecule has 100 valence electrons. The molecule has 2 rings (SSSR count). The van der Waals surface area contributed by atoms with E-state index in [9.17, 15) is 10.2 Å². The molecule has 1 heterocycles. The fraction of sp³-hybridized carbons (Fsp3) is 0.267. The van der Waals surface area contributed by atoms with Crippen LogP contribution in [0.3, 0.4) is 0 Å². The second kappa shape index (κ2) is 6.43. The number of nitrogens with zero attached hydrogens (tertiary/aromatic N) is 1. The Morgan fingerprint density at radius 3 is 2.42 bits per heavy atom. The Morgan fingerprint density at radius 1 is 1.11 bits per heavy atom. The third kappa shape index (κ3) is 3.38. The van der Waals surface area contributed by atoms with Gasteiger partial charge in [0, 0.05) is 18.3 Å². The van der Waals surface area contributed by atoms with Crippen LogP contribution in [0.15, 0.2) is 48.7 Å². The largest absolute Gasteiger partial charge is 0.389 e. The van der Waals surface area contributed by atoms with Crippen molar-refractivity contribution in [3.8, 4) is 11.3 Å². The zero-order valence-corrected chi connectivity index (χ0v) is 10.8. The van der Waals surface area contributed by atoms with Gasteiger partial charge in [-0.3, -0.25) is 4.98 Å². The van der Waals surface area contributed by atoms with Gasteiger partial charge < -0.3 is 15.5 Å². The first-order valence-electron chi connectivity index (χ1n) is 6.24. The van der Waals surface area contributed by atoms with Crippen LogP contribution in [0, 0.1) is 0 Å². The van der Waals surface area contributed by atoms with Crippen molar-refractivity contribution in [2.45, 2.75) is 12.2 Å². The molecule has 0 amide bonds. The fourth-order valence-corrected chi connectivity index (χ4v) is 1.93. The van der Waals surface area contributed by atoms with Gasteiger partial charge in [0.25, 0.3) is 0 Å². The Balaban J connectivity index is 2.15. The molecule has 3 N–H and O–H groups in total. The highest BCUT2D eigenvalue weighted by Gasteiger charge is 2.17. The molecule has 0 fully saturated rings. The smallest absolute Gasteiger partial charge is 0.106 e. The minimum Gasteiger partial charge on any atom is -0.389 e. The van der Waals surface area contributed by atoms with E-state index in [0.29, 0.717) is 12.1 Å². The van der Waals surface area contributed by atoms with Crippen LogP contribution in [0.25, 0.3) is 11.3 Å². The Morgan fingerprint density at radius 2 is 1.84 bits per heavy atom. The highest BCUT2D eigenvalue weighted by atomic mass is 16.3. The molecule has 0 saturated heterocycles. The lowest BCUT2D eigenvalue weighted by atomic mass is 10.0. The first-order valence-corrected chi connectivity index (χ1v) is 6.24. The zero-order valence-electron chi connectivity index (χ0n) is 10.8. The van der Waals surface area contributed by atoms with E-state index >= 15 is 0 Å². The summed E-state index contributed by atoms with van der Waals surface area (Å²) in [6.07, 6.45) is 0.0466. The van der Waals surface area contributed by atoms with E-state index in [1.807, 2.05) is 42.5 Å². The normalized spacial score (nSPS) is 14.1. The van der Waals surface area contributed by atoms with Gasteiger partial charge in [-0.1, -0.05) is 30.3 Å². The lowest BCUT2D eigenvalue weighted by Gasteiger charge is -2.18. The van der Waals surface area contributed by atoms with Crippen LogP contribution >= 0.6 is 0 Å². The second-order valence-electron chi connectivity index (χ2n) is 4.41. The first-order chi connectivity index (χ1) is 9.22. The second-order valence-corrected chi connectivity index (χ2v) is 4.41. The Hall–Kier alpha value is -1.75. The molecule has 4 nitrogen and oxygen atoms in total. The van der Waals surface area contributed by atoms with Gasteiger partial charge in [0.1, 0.15) is 6.10 Å². The van der Waals surface area contributed by atoms with Crippen LogP contribution in [0.4, 0.5) is 0 Å². The standard InChI is InChI=1S/C15H18N2O2/c1-16-10-14(18)15(19)12-7-5-11(6-8-12)13-4-2-3-9-17-13/h2-9,14-16,18-19H,10H2,1H3. The van der Waals surface area contributed by atoms with Crippen LogP contribution < -0.4 is 5.32 Å². The van der Waals surface area contributed by atoms with Crippen LogP contribution in [0.1, 0.15) is 11.7 Å². The number of hydrogen-bond donors (Lipinski definition) is 3. The lowest BCUT2D eigenvalue weighted by molar-refractivity contribution is 0.0202. The number of hydrogen-bond acceptors (Lipinski definition) is 4. The zero-order chi connectivity index (χ0) is 13.7. The Labute approximate surface area is 112 Å². The molecule has 2 aromatic rings. The molecule has 0 spiro atoms. The minimum atomic E-state index is -0.884. The van der Waals surface area contributed by atoms with E-state index in [2.05, 4.69) is 10.3 Å². The van der Waals surface area contributed by atoms with E-state index in [4.69, 9.17) is 0 Å². The summed E-state index contributed by atoms with van der Waals surface area (Å²) in [4.78, 5) is 4.27. The average molecular weight is 258 g/mol. The molecule has 0 aliphatic carbocycles. The topological polar surface area (TPSA) is 65.4 Å². The molecule has 1 aromatic heterocycles. The third-order valence-electron chi connectivity index (χ3n) is 2.99. The van der Waals surface area contributed by atoms with Gasteiger partial charge in [-0.25, -0.2) is 0 Å². The van der Waals surface area contributed by atoms with Crippen molar-refractivity contribution in [3.05, 3.63) is 54.2 Å². The third-order valence-corrected chi connectivity index (χ3v) is 2.99. The average Bonchev–Trinajstić information content (AvgIpc) is 2.48. The van der Waals surface area contributed by atoms with E-state index in [1.165, 1.54) is 0 Å². The molecule has 2 atom stereocenters. The molecule has 0 saturated carbocycles. The maximum absolute atomic E-state index is 9.98. The molecule has 19 heavy (non-hydrogen) atoms. The molecule has 0 aliphatic heterocycles. The van der Waals surface area contributed by atoms with Gasteiger partial charge in [-0.05, 0) is 24.7 Å². The van der Waals surface area contributed by atoms with Crippen molar-refractivity contribution in [3.63, 3.8) is 0 Å². The number of aromatic nitrogens is 1. The van der Waals surface area contributed by atoms with Crippen molar-refractivity contribution in [2.75, 3.05) is 13.6 Å². The Kier molecular flexibility index (Phi) is 4.63. The van der Waals surface area contributed by atoms with Crippen molar-refractivity contribution < 1.29 is 10.2 Å². The predicted octanol–water partition coefficient (Wildman–Crippen LogP) is 1.36. The molecule has 0 aliphatic rings. The van der Waals surface area contributed by atoms with Crippen molar-refractivity contribution >= 4 is 0 Å². The number of likely N-dealkylation sites (N-methyl/N-ethyl adjacent to an activating group) is 1. The van der Waals surface area contributed by atoms with Gasteiger partial charge in [-0.2, -0.15) is 0 Å². The number of aliphatic hydroxyl groups is 2. The van der Waals surface area contributed by atoms with Crippen molar-refractivity contribution in [1.82, 2.24) is 10.3 Å². The number of pyridine rings is 1. The van der Waals surface area contributed by atoms with Gasteiger partial charge in [0.15, 0.2) is 0 Å². The maximum atomic E-state index is 9.98. The van der Waals surface area contributed by atoms with E-state index in [0.717, 1.165) is 11.3 Å². The minimum absolute atomic E-state index is 0.350. The van der Waals surface area contributed by atoms with E-state index < -0.39 is 12.2 Å². The number of nitrogens with one attached hydrogen (secondary N) is 1. The first kappa shape index (κ1) is 13.7. The summed E-state index contributed by atoms with van der Waals surface area (Å²) in [5.41, 5.74) is 2.57. The van der Waals surface area contributed by atoms with Gasteiger partial charge in [-0.15, -0.1) is 0 Å². The molecule has 4 heteroatoms. The van der Waals surface area contributed by atoms with E-state index in [1.54, 1.807) is 13.2 Å². The van der Waals surface area contributed by atoms with Crippen molar-refractivity contribution in [2.24, 2.45) is 0 Å². The summed E-state index contributed by atoms with van der Waals surface area (Å²) < 4.78 is 0. The maximum Gasteiger partial charge on any atom is 0.106 e. The summed E-state index contributed by atoms with van der Waals surface area (Å²) >= 11 is 0. The number of benzene rings is 1. The van der Waals surface area contributed by atoms with Crippen LogP contribution in [-0.2, 0) is 0 Å². The predicted molar refractivity (Wildman–Crippen MR) is 74.6 cm³/mol. The molecule has 2 unspecified atom stereocenters. The summed E-state index contributed by atoms with van der Waals surface area (Å²) in [5, 5.41) is 22.5. The van der Waals surface area contributed by atoms with Crippen LogP contribution in [-0.4, -0.2) is 34.9 Å². The monoisotopic (exact) mass is 258 g/mol. The SMILES string of the molecule is CNCC(O)C(O)c1ccc(-c2ccccn2)cc1. The summed E-state index contributed by atoms with van der Waals surface area (Å²) in [6.45, 7) is 0.350. The quantitative estimate of drug-likeness (QED) is 0.757. The molecule has 0 radical (unpaired) electrons. The summed E-state index contributed by atoms with van der Waals surface area (Å²) in [6, 6.07) is 13.2. The fourth-order valence-electron chi connectivity index (χ4n) is 1.93. The highest BCUT2D eigenvalue weighted by molar-refractivity contribution is 5.59. The van der Waals surface area contributed by atoms with Crippen LogP contribution in [0.5, 0.6) is 0 Å².